The number of aromatic nitrogens is 1. The Morgan fingerprint density at radius 1 is 1.05 bits per heavy atom. The summed E-state index contributed by atoms with van der Waals surface area (Å²) >= 11 is 0. The quantitative estimate of drug-likeness (QED) is 0.340. The number of hydrogen-bond acceptors (Lipinski definition) is 6. The largest absolute Gasteiger partial charge is 0.497 e. The Labute approximate surface area is 229 Å². The van der Waals surface area contributed by atoms with Crippen molar-refractivity contribution in [2.75, 3.05) is 17.3 Å². The molecule has 0 bridgehead atoms. The third-order valence-electron chi connectivity index (χ3n) is 6.85. The summed E-state index contributed by atoms with van der Waals surface area (Å²) < 4.78 is 10.3. The second kappa shape index (κ2) is 12.6. The van der Waals surface area contributed by atoms with Crippen LogP contribution in [0.3, 0.4) is 0 Å². The maximum absolute atomic E-state index is 14.0. The van der Waals surface area contributed by atoms with E-state index in [0.717, 1.165) is 11.1 Å². The fourth-order valence-electron chi connectivity index (χ4n) is 4.08. The first-order chi connectivity index (χ1) is 18.5. The monoisotopic (exact) mass is 534 g/mol. The van der Waals surface area contributed by atoms with Gasteiger partial charge in [-0.3, -0.25) is 19.3 Å². The number of carbonyl (C=O) groups excluding carboxylic acids is 3. The highest BCUT2D eigenvalue weighted by Gasteiger charge is 2.35. The van der Waals surface area contributed by atoms with Crippen LogP contribution >= 0.6 is 0 Å². The molecule has 9 nitrogen and oxygen atoms in total. The molecule has 39 heavy (non-hydrogen) atoms. The molecule has 0 saturated carbocycles. The fourth-order valence-corrected chi connectivity index (χ4v) is 4.08. The molecule has 2 aromatic carbocycles. The lowest BCUT2D eigenvalue weighted by Crippen LogP contribution is -2.50. The van der Waals surface area contributed by atoms with E-state index in [0.29, 0.717) is 29.2 Å². The van der Waals surface area contributed by atoms with Crippen LogP contribution < -0.4 is 20.3 Å². The zero-order chi connectivity index (χ0) is 28.7. The van der Waals surface area contributed by atoms with Gasteiger partial charge in [-0.25, -0.2) is 0 Å². The zero-order valence-corrected chi connectivity index (χ0v) is 23.8. The molecule has 3 aromatic rings. The maximum atomic E-state index is 14.0. The summed E-state index contributed by atoms with van der Waals surface area (Å²) in [5.41, 5.74) is 2.59. The Hall–Kier alpha value is -4.14. The molecule has 0 saturated heterocycles. The third-order valence-corrected chi connectivity index (χ3v) is 6.85. The lowest BCUT2D eigenvalue weighted by atomic mass is 9.96. The SMILES string of the molecule is CCC(C)(C)NC(=O)[C@H](c1ccc(OC)cc1)N(C(=O)CCC(=O)Nc1cc(C)on1)c1cccc(C)c1C. The molecule has 0 unspecified atom stereocenters. The van der Waals surface area contributed by atoms with Crippen molar-refractivity contribution in [3.05, 3.63) is 71.0 Å². The number of benzene rings is 2. The van der Waals surface area contributed by atoms with Gasteiger partial charge in [0, 0.05) is 30.1 Å². The van der Waals surface area contributed by atoms with E-state index in [1.54, 1.807) is 44.4 Å². The van der Waals surface area contributed by atoms with E-state index in [-0.39, 0.29) is 36.4 Å². The molecule has 1 heterocycles. The number of nitrogens with zero attached hydrogens (tertiary/aromatic N) is 2. The first-order valence-electron chi connectivity index (χ1n) is 13.0. The molecule has 0 spiro atoms. The number of rotatable bonds is 11. The number of carbonyl (C=O) groups is 3. The minimum absolute atomic E-state index is 0.0937. The normalized spacial score (nSPS) is 12.0. The predicted molar refractivity (Wildman–Crippen MR) is 151 cm³/mol. The minimum Gasteiger partial charge on any atom is -0.497 e. The highest BCUT2D eigenvalue weighted by atomic mass is 16.5. The van der Waals surface area contributed by atoms with E-state index >= 15 is 0 Å². The van der Waals surface area contributed by atoms with Crippen molar-refractivity contribution in [1.29, 1.82) is 0 Å². The molecule has 1 aromatic heterocycles. The van der Waals surface area contributed by atoms with Crippen LogP contribution in [0.4, 0.5) is 11.5 Å². The molecule has 3 rings (SSSR count). The van der Waals surface area contributed by atoms with Gasteiger partial charge in [-0.2, -0.15) is 0 Å². The van der Waals surface area contributed by atoms with E-state index in [4.69, 9.17) is 9.26 Å². The van der Waals surface area contributed by atoms with Crippen molar-refractivity contribution in [2.24, 2.45) is 0 Å². The minimum atomic E-state index is -0.976. The number of ether oxygens (including phenoxy) is 1. The van der Waals surface area contributed by atoms with Gasteiger partial charge in [0.2, 0.25) is 17.7 Å². The van der Waals surface area contributed by atoms with E-state index in [2.05, 4.69) is 15.8 Å². The average molecular weight is 535 g/mol. The second-order valence-corrected chi connectivity index (χ2v) is 10.3. The van der Waals surface area contributed by atoms with Crippen LogP contribution in [-0.4, -0.2) is 35.5 Å². The Balaban J connectivity index is 2.02. The van der Waals surface area contributed by atoms with Crippen LogP contribution in [0.15, 0.2) is 53.1 Å². The van der Waals surface area contributed by atoms with Gasteiger partial charge >= 0.3 is 0 Å². The molecule has 0 aliphatic carbocycles. The number of aryl methyl sites for hydroxylation is 2. The number of anilines is 2. The average Bonchev–Trinajstić information content (AvgIpc) is 3.31. The number of amides is 3. The van der Waals surface area contributed by atoms with Gasteiger partial charge in [-0.15, -0.1) is 0 Å². The standard InChI is InChI=1S/C30H38N4O5/c1-8-30(5,6)32-29(37)28(22-12-14-23(38-7)15-13-22)34(24-11-9-10-19(2)21(24)4)27(36)17-16-26(35)31-25-18-20(3)39-33-25/h9-15,18,28H,8,16-17H2,1-7H3,(H,32,37)(H,31,33,35)/t28-/m0/s1. The van der Waals surface area contributed by atoms with Crippen LogP contribution in [0.5, 0.6) is 5.75 Å². The number of methoxy groups -OCH3 is 1. The van der Waals surface area contributed by atoms with Crippen LogP contribution in [0.1, 0.15) is 68.5 Å². The van der Waals surface area contributed by atoms with Crippen LogP contribution in [0, 0.1) is 20.8 Å². The van der Waals surface area contributed by atoms with Gasteiger partial charge in [-0.1, -0.05) is 36.3 Å². The third kappa shape index (κ3) is 7.46. The molecule has 0 aliphatic heterocycles. The van der Waals surface area contributed by atoms with E-state index in [1.165, 1.54) is 4.90 Å². The first kappa shape index (κ1) is 29.4. The lowest BCUT2D eigenvalue weighted by Gasteiger charge is -2.35. The summed E-state index contributed by atoms with van der Waals surface area (Å²) in [6, 6.07) is 13.4. The highest BCUT2D eigenvalue weighted by molar-refractivity contribution is 6.03. The van der Waals surface area contributed by atoms with E-state index in [9.17, 15) is 14.4 Å². The van der Waals surface area contributed by atoms with Crippen molar-refractivity contribution in [3.8, 4) is 5.75 Å². The van der Waals surface area contributed by atoms with Crippen molar-refractivity contribution in [1.82, 2.24) is 10.5 Å². The topological polar surface area (TPSA) is 114 Å². The van der Waals surface area contributed by atoms with Gasteiger partial charge in [-0.05, 0) is 75.9 Å². The number of nitrogens with one attached hydrogen (secondary N) is 2. The smallest absolute Gasteiger partial charge is 0.248 e. The molecule has 2 N–H and O–H groups in total. The molecule has 0 fully saturated rings. The Morgan fingerprint density at radius 2 is 1.74 bits per heavy atom. The molecule has 9 heteroatoms. The Morgan fingerprint density at radius 3 is 2.33 bits per heavy atom. The van der Waals surface area contributed by atoms with Gasteiger partial charge in [0.15, 0.2) is 5.82 Å². The van der Waals surface area contributed by atoms with E-state index < -0.39 is 11.6 Å². The Kier molecular flexibility index (Phi) is 9.51. The van der Waals surface area contributed by atoms with Gasteiger partial charge in [0.05, 0.1) is 7.11 Å². The molecule has 0 aliphatic rings. The van der Waals surface area contributed by atoms with Crippen molar-refractivity contribution < 1.29 is 23.6 Å². The van der Waals surface area contributed by atoms with Crippen molar-refractivity contribution in [3.63, 3.8) is 0 Å². The first-order valence-corrected chi connectivity index (χ1v) is 13.0. The van der Waals surface area contributed by atoms with Crippen LogP contribution in [-0.2, 0) is 14.4 Å². The molecule has 0 radical (unpaired) electrons. The van der Waals surface area contributed by atoms with Gasteiger partial charge in [0.1, 0.15) is 17.6 Å². The van der Waals surface area contributed by atoms with Gasteiger partial charge in [0.25, 0.3) is 0 Å². The highest BCUT2D eigenvalue weighted by Crippen LogP contribution is 2.34. The zero-order valence-electron chi connectivity index (χ0n) is 23.8. The van der Waals surface area contributed by atoms with Crippen LogP contribution in [0.25, 0.3) is 0 Å². The summed E-state index contributed by atoms with van der Waals surface area (Å²) in [6.45, 7) is 11.5. The molecule has 208 valence electrons. The summed E-state index contributed by atoms with van der Waals surface area (Å²) in [5.74, 6) is 0.426. The summed E-state index contributed by atoms with van der Waals surface area (Å²) in [6.07, 6.45) is 0.490. The summed E-state index contributed by atoms with van der Waals surface area (Å²) in [5, 5.41) is 9.52. The molecule has 3 amide bonds. The Bertz CT molecular complexity index is 1310. The number of hydrogen-bond donors (Lipinski definition) is 2. The predicted octanol–water partition coefficient (Wildman–Crippen LogP) is 5.41. The van der Waals surface area contributed by atoms with Crippen molar-refractivity contribution in [2.45, 2.75) is 72.4 Å². The second-order valence-electron chi connectivity index (χ2n) is 10.3. The summed E-state index contributed by atoms with van der Waals surface area (Å²) in [4.78, 5) is 42.0. The van der Waals surface area contributed by atoms with E-state index in [1.807, 2.05) is 52.8 Å². The maximum Gasteiger partial charge on any atom is 0.248 e. The summed E-state index contributed by atoms with van der Waals surface area (Å²) in [7, 11) is 1.57. The van der Waals surface area contributed by atoms with Gasteiger partial charge < -0.3 is 19.9 Å². The molecular formula is C30H38N4O5. The van der Waals surface area contributed by atoms with Crippen LogP contribution in [0.2, 0.25) is 0 Å². The molecular weight excluding hydrogens is 496 g/mol. The van der Waals surface area contributed by atoms with Crippen molar-refractivity contribution >= 4 is 29.2 Å². The fraction of sp³-hybridized carbons (Fsp3) is 0.400. The lowest BCUT2D eigenvalue weighted by molar-refractivity contribution is -0.128. The molecule has 1 atom stereocenters.